The molecule has 1 saturated carbocycles. The summed E-state index contributed by atoms with van der Waals surface area (Å²) in [4.78, 5) is 47.0. The van der Waals surface area contributed by atoms with E-state index in [0.29, 0.717) is 25.0 Å². The van der Waals surface area contributed by atoms with Crippen LogP contribution in [0.1, 0.15) is 61.8 Å². The van der Waals surface area contributed by atoms with Crippen molar-refractivity contribution in [3.63, 3.8) is 0 Å². The number of aromatic hydroxyl groups is 1. The lowest BCUT2D eigenvalue weighted by Gasteiger charge is -2.53. The van der Waals surface area contributed by atoms with Crippen molar-refractivity contribution in [1.29, 1.82) is 0 Å². The minimum absolute atomic E-state index is 0.141. The summed E-state index contributed by atoms with van der Waals surface area (Å²) in [6.07, 6.45) is 13.9. The number of nitrogens with one attached hydrogen (secondary N) is 2. The number of amides is 1. The van der Waals surface area contributed by atoms with Crippen molar-refractivity contribution in [3.05, 3.63) is 101 Å². The summed E-state index contributed by atoms with van der Waals surface area (Å²) in [6, 6.07) is 11.3. The van der Waals surface area contributed by atoms with Crippen LogP contribution in [0.25, 0.3) is 0 Å². The molecule has 0 unspecified atom stereocenters. The third kappa shape index (κ3) is 3.34. The van der Waals surface area contributed by atoms with Crippen molar-refractivity contribution in [3.8, 4) is 5.75 Å². The first-order chi connectivity index (χ1) is 25.1. The Hall–Kier alpha value is -4.67. The van der Waals surface area contributed by atoms with E-state index in [1.807, 2.05) is 36.4 Å². The quantitative estimate of drug-likeness (QED) is 0.219. The lowest BCUT2D eigenvalue weighted by Crippen LogP contribution is -2.61. The van der Waals surface area contributed by atoms with Gasteiger partial charge in [-0.15, -0.1) is 6.58 Å². The smallest absolute Gasteiger partial charge is 0.335 e. The summed E-state index contributed by atoms with van der Waals surface area (Å²) in [5.41, 5.74) is 2.13. The third-order valence-corrected chi connectivity index (χ3v) is 14.8. The number of phenolic OH excluding ortho intramolecular Hbond substituents is 1. The van der Waals surface area contributed by atoms with Crippen LogP contribution in [0.2, 0.25) is 0 Å². The number of para-hydroxylation sites is 1. The van der Waals surface area contributed by atoms with Crippen LogP contribution in [0.15, 0.2) is 84.6 Å². The Morgan fingerprint density at radius 1 is 1.04 bits per heavy atom. The molecule has 3 fully saturated rings. The number of carbonyl (C=O) groups excluding carboxylic acids is 3. The second-order valence-electron chi connectivity index (χ2n) is 16.3. The SMILES string of the molecule is C=C[C@]12C=C[C@@H](c3cc4c(cc3O)NC3=C(C(=O)OC)C[C@]5(CC)C=CCN6CC[C@@]34[C@@H]65)N3CC[C@@]4(c5ccccc5NC(=O)[C@]4(C(=O)OC)C1)[C@@H]32. The van der Waals surface area contributed by atoms with Crippen LogP contribution in [0.5, 0.6) is 5.75 Å². The predicted octanol–water partition coefficient (Wildman–Crippen LogP) is 5.24. The van der Waals surface area contributed by atoms with Crippen LogP contribution in [0.4, 0.5) is 11.4 Å². The lowest BCUT2D eigenvalue weighted by atomic mass is 9.55. The number of phenols is 1. The maximum atomic E-state index is 14.4. The van der Waals surface area contributed by atoms with Gasteiger partial charge in [0.05, 0.1) is 31.2 Å². The number of ether oxygens (including phenoxy) is 2. The van der Waals surface area contributed by atoms with Gasteiger partial charge in [-0.3, -0.25) is 19.4 Å². The van der Waals surface area contributed by atoms with Gasteiger partial charge < -0.3 is 25.2 Å². The topological polar surface area (TPSA) is 120 Å². The molecule has 2 spiro atoms. The van der Waals surface area contributed by atoms with E-state index in [1.165, 1.54) is 14.2 Å². The Bertz CT molecular complexity index is 2120. The minimum Gasteiger partial charge on any atom is -0.508 e. The van der Waals surface area contributed by atoms with E-state index in [-0.39, 0.29) is 47.6 Å². The lowest BCUT2D eigenvalue weighted by molar-refractivity contribution is -0.162. The molecule has 0 aromatic heterocycles. The molecule has 1 amide bonds. The Morgan fingerprint density at radius 3 is 2.63 bits per heavy atom. The molecule has 2 saturated heterocycles. The number of methoxy groups -OCH3 is 2. The molecule has 6 aliphatic heterocycles. The van der Waals surface area contributed by atoms with Gasteiger partial charge in [-0.05, 0) is 55.4 Å². The van der Waals surface area contributed by atoms with Gasteiger partial charge in [-0.2, -0.15) is 0 Å². The van der Waals surface area contributed by atoms with Crippen LogP contribution in [0, 0.1) is 16.2 Å². The van der Waals surface area contributed by atoms with E-state index in [0.717, 1.165) is 59.7 Å². The molecular weight excluding hydrogens is 656 g/mol. The van der Waals surface area contributed by atoms with Gasteiger partial charge in [0.1, 0.15) is 5.75 Å². The summed E-state index contributed by atoms with van der Waals surface area (Å²) in [7, 11) is 2.81. The molecule has 2 aromatic rings. The molecule has 52 heavy (non-hydrogen) atoms. The predicted molar refractivity (Wildman–Crippen MR) is 194 cm³/mol. The fourth-order valence-corrected chi connectivity index (χ4v) is 13.0. The van der Waals surface area contributed by atoms with Crippen molar-refractivity contribution in [2.24, 2.45) is 16.2 Å². The van der Waals surface area contributed by atoms with E-state index in [1.54, 1.807) is 0 Å². The number of anilines is 2. The number of rotatable bonds is 5. The summed E-state index contributed by atoms with van der Waals surface area (Å²) < 4.78 is 10.9. The molecule has 8 atom stereocenters. The zero-order valence-electron chi connectivity index (χ0n) is 29.8. The van der Waals surface area contributed by atoms with E-state index >= 15 is 0 Å². The van der Waals surface area contributed by atoms with Crippen LogP contribution in [-0.2, 0) is 34.7 Å². The zero-order chi connectivity index (χ0) is 36.0. The zero-order valence-corrected chi connectivity index (χ0v) is 29.8. The molecule has 0 radical (unpaired) electrons. The molecule has 6 heterocycles. The third-order valence-electron chi connectivity index (χ3n) is 14.8. The number of esters is 2. The second-order valence-corrected chi connectivity index (χ2v) is 16.3. The van der Waals surface area contributed by atoms with Crippen molar-refractivity contribution in [2.45, 2.75) is 68.0 Å². The standard InChI is InChI=1S/C42H44N4O6/c1-5-38-13-9-17-45-18-15-40(34(38)45)27-20-24(31(47)21-29(27)43-32(40)25(22-38)33(48)51-3)30-12-14-39(6-2)23-42(37(50)52-4)36(49)44-28-11-8-7-10-26(28)41(42)16-19-46(30)35(39)41/h6-14,20-21,30,34-35,43,47H,2,5,15-19,22-23H2,1,3-4H3,(H,44,49)/t30-,34-,35-,38-,39-,40-,41+,42-/m0/s1. The summed E-state index contributed by atoms with van der Waals surface area (Å²) >= 11 is 0. The Labute approximate surface area is 303 Å². The molecule has 3 N–H and O–H groups in total. The normalized spacial score (nSPS) is 38.7. The number of carbonyl (C=O) groups is 3. The first-order valence-electron chi connectivity index (χ1n) is 18.6. The van der Waals surface area contributed by atoms with Crippen molar-refractivity contribution < 1.29 is 29.0 Å². The van der Waals surface area contributed by atoms with Crippen molar-refractivity contribution in [1.82, 2.24) is 9.80 Å². The Balaban J connectivity index is 1.16. The highest BCUT2D eigenvalue weighted by Gasteiger charge is 2.80. The summed E-state index contributed by atoms with van der Waals surface area (Å²) in [5.74, 6) is -1.02. The Kier molecular flexibility index (Phi) is 6.32. The fraction of sp³-hybridized carbons (Fsp3) is 0.452. The average molecular weight is 701 g/mol. The number of fused-ring (bicyclic) bond motifs is 2. The molecule has 10 heteroatoms. The molecule has 0 bridgehead atoms. The molecule has 2 aliphatic carbocycles. The van der Waals surface area contributed by atoms with Gasteiger partial charge in [0.2, 0.25) is 5.91 Å². The number of hydrogen-bond donors (Lipinski definition) is 3. The molecule has 8 aliphatic rings. The van der Waals surface area contributed by atoms with Gasteiger partial charge in [0.15, 0.2) is 5.41 Å². The Morgan fingerprint density at radius 2 is 1.87 bits per heavy atom. The average Bonchev–Trinajstić information content (AvgIpc) is 3.92. The van der Waals surface area contributed by atoms with E-state index in [4.69, 9.17) is 9.47 Å². The highest BCUT2D eigenvalue weighted by Crippen LogP contribution is 2.73. The number of nitrogens with zero attached hydrogens (tertiary/aromatic N) is 2. The van der Waals surface area contributed by atoms with E-state index < -0.39 is 27.6 Å². The number of hydrogen-bond acceptors (Lipinski definition) is 9. The fourth-order valence-electron chi connectivity index (χ4n) is 13.0. The van der Waals surface area contributed by atoms with Crippen LogP contribution in [-0.4, -0.2) is 78.7 Å². The summed E-state index contributed by atoms with van der Waals surface area (Å²) in [6.45, 7) is 8.87. The van der Waals surface area contributed by atoms with Gasteiger partial charge in [0.25, 0.3) is 0 Å². The van der Waals surface area contributed by atoms with Gasteiger partial charge >= 0.3 is 11.9 Å². The monoisotopic (exact) mass is 700 g/mol. The molecular formula is C42H44N4O6. The van der Waals surface area contributed by atoms with E-state index in [9.17, 15) is 19.5 Å². The first-order valence-corrected chi connectivity index (χ1v) is 18.6. The van der Waals surface area contributed by atoms with Gasteiger partial charge in [0, 0.05) is 76.7 Å². The van der Waals surface area contributed by atoms with Crippen molar-refractivity contribution in [2.75, 3.05) is 44.5 Å². The van der Waals surface area contributed by atoms with Crippen molar-refractivity contribution >= 4 is 29.2 Å². The number of benzene rings is 2. The largest absolute Gasteiger partial charge is 0.508 e. The van der Waals surface area contributed by atoms with Gasteiger partial charge in [-0.25, -0.2) is 4.79 Å². The van der Waals surface area contributed by atoms with E-state index in [2.05, 4.69) is 64.3 Å². The molecule has 10 rings (SSSR count). The maximum Gasteiger partial charge on any atom is 0.335 e. The molecule has 2 aromatic carbocycles. The maximum absolute atomic E-state index is 14.4. The van der Waals surface area contributed by atoms with Crippen LogP contribution in [0.3, 0.4) is 0 Å². The highest BCUT2D eigenvalue weighted by molar-refractivity contribution is 6.14. The first kappa shape index (κ1) is 32.0. The summed E-state index contributed by atoms with van der Waals surface area (Å²) in [5, 5.41) is 18.7. The van der Waals surface area contributed by atoms with Gasteiger partial charge in [-0.1, -0.05) is 55.5 Å². The molecule has 268 valence electrons. The second kappa shape index (κ2) is 10.3. The van der Waals surface area contributed by atoms with Crippen LogP contribution < -0.4 is 10.6 Å². The highest BCUT2D eigenvalue weighted by atomic mass is 16.5. The molecule has 10 nitrogen and oxygen atoms in total. The minimum atomic E-state index is -1.47. The van der Waals surface area contributed by atoms with Crippen LogP contribution >= 0.6 is 0 Å².